The Bertz CT molecular complexity index is 1070. The van der Waals surface area contributed by atoms with Crippen molar-refractivity contribution in [3.05, 3.63) is 70.3 Å². The van der Waals surface area contributed by atoms with Crippen molar-refractivity contribution in [3.63, 3.8) is 0 Å². The normalized spacial score (nSPS) is 11.0. The number of fused-ring (bicyclic) bond motifs is 1. The first-order chi connectivity index (χ1) is 12.1. The van der Waals surface area contributed by atoms with E-state index in [1.807, 2.05) is 60.8 Å². The SMILES string of the molecule is Cc1c(C(=O)Nc2nc(-c3ccc(Cl)cc3)cs2)oc2ccccc12. The number of furan rings is 1. The molecule has 0 aliphatic rings. The van der Waals surface area contributed by atoms with Gasteiger partial charge in [0, 0.05) is 26.9 Å². The molecule has 0 aliphatic heterocycles. The molecule has 0 spiro atoms. The van der Waals surface area contributed by atoms with E-state index in [1.54, 1.807) is 0 Å². The lowest BCUT2D eigenvalue weighted by Gasteiger charge is -2.00. The number of hydrogen-bond acceptors (Lipinski definition) is 4. The van der Waals surface area contributed by atoms with Crippen LogP contribution in [0.5, 0.6) is 0 Å². The maximum Gasteiger partial charge on any atom is 0.293 e. The number of nitrogens with one attached hydrogen (secondary N) is 1. The molecule has 1 N–H and O–H groups in total. The van der Waals surface area contributed by atoms with E-state index in [0.717, 1.165) is 22.2 Å². The minimum Gasteiger partial charge on any atom is -0.451 e. The molecular formula is C19H13ClN2O2S. The van der Waals surface area contributed by atoms with Crippen LogP contribution in [0.4, 0.5) is 5.13 Å². The minimum absolute atomic E-state index is 0.300. The summed E-state index contributed by atoms with van der Waals surface area (Å²) in [5.41, 5.74) is 3.26. The average Bonchev–Trinajstić information content (AvgIpc) is 3.21. The summed E-state index contributed by atoms with van der Waals surface area (Å²) in [5.74, 6) is 0.00940. The molecule has 6 heteroatoms. The van der Waals surface area contributed by atoms with Crippen LogP contribution >= 0.6 is 22.9 Å². The van der Waals surface area contributed by atoms with Crippen LogP contribution in [-0.2, 0) is 0 Å². The van der Waals surface area contributed by atoms with Crippen LogP contribution in [-0.4, -0.2) is 10.9 Å². The molecule has 0 atom stereocenters. The Morgan fingerprint density at radius 1 is 1.16 bits per heavy atom. The van der Waals surface area contributed by atoms with Gasteiger partial charge >= 0.3 is 0 Å². The number of aromatic nitrogens is 1. The number of para-hydroxylation sites is 1. The van der Waals surface area contributed by atoms with Gasteiger partial charge in [-0.3, -0.25) is 10.1 Å². The third-order valence-electron chi connectivity index (χ3n) is 3.91. The smallest absolute Gasteiger partial charge is 0.293 e. The highest BCUT2D eigenvalue weighted by atomic mass is 35.5. The molecule has 124 valence electrons. The number of aryl methyl sites for hydroxylation is 1. The monoisotopic (exact) mass is 368 g/mol. The van der Waals surface area contributed by atoms with Crippen molar-refractivity contribution in [2.75, 3.05) is 5.32 Å². The number of hydrogen-bond donors (Lipinski definition) is 1. The van der Waals surface area contributed by atoms with E-state index in [0.29, 0.717) is 21.5 Å². The third-order valence-corrected chi connectivity index (χ3v) is 4.92. The minimum atomic E-state index is -0.300. The van der Waals surface area contributed by atoms with E-state index in [1.165, 1.54) is 11.3 Å². The summed E-state index contributed by atoms with van der Waals surface area (Å²) in [4.78, 5) is 17.0. The summed E-state index contributed by atoms with van der Waals surface area (Å²) < 4.78 is 5.69. The first kappa shape index (κ1) is 15.9. The van der Waals surface area contributed by atoms with Gasteiger partial charge in [0.2, 0.25) is 0 Å². The zero-order valence-electron chi connectivity index (χ0n) is 13.2. The summed E-state index contributed by atoms with van der Waals surface area (Å²) in [6.07, 6.45) is 0. The maximum atomic E-state index is 12.5. The van der Waals surface area contributed by atoms with Crippen LogP contribution in [0, 0.1) is 6.92 Å². The fraction of sp³-hybridized carbons (Fsp3) is 0.0526. The van der Waals surface area contributed by atoms with E-state index in [4.69, 9.17) is 16.0 Å². The van der Waals surface area contributed by atoms with Gasteiger partial charge in [0.1, 0.15) is 5.58 Å². The Kier molecular flexibility index (Phi) is 4.03. The van der Waals surface area contributed by atoms with E-state index >= 15 is 0 Å². The van der Waals surface area contributed by atoms with Crippen LogP contribution in [0.25, 0.3) is 22.2 Å². The Labute approximate surface area is 153 Å². The Hall–Kier alpha value is -2.63. The van der Waals surface area contributed by atoms with Crippen LogP contribution in [0.3, 0.4) is 0 Å². The van der Waals surface area contributed by atoms with E-state index < -0.39 is 0 Å². The van der Waals surface area contributed by atoms with E-state index in [2.05, 4.69) is 10.3 Å². The Morgan fingerprint density at radius 3 is 2.68 bits per heavy atom. The first-order valence-corrected chi connectivity index (χ1v) is 8.88. The molecule has 1 amide bonds. The van der Waals surface area contributed by atoms with Gasteiger partial charge in [-0.1, -0.05) is 41.9 Å². The molecule has 0 saturated heterocycles. The van der Waals surface area contributed by atoms with Crippen molar-refractivity contribution in [2.45, 2.75) is 6.92 Å². The Balaban J connectivity index is 1.58. The second kappa shape index (κ2) is 6.35. The van der Waals surface area contributed by atoms with Crippen molar-refractivity contribution in [3.8, 4) is 11.3 Å². The first-order valence-electron chi connectivity index (χ1n) is 7.63. The van der Waals surface area contributed by atoms with Gasteiger partial charge < -0.3 is 4.42 Å². The number of thiazole rings is 1. The largest absolute Gasteiger partial charge is 0.451 e. The second-order valence-electron chi connectivity index (χ2n) is 5.55. The summed E-state index contributed by atoms with van der Waals surface area (Å²) >= 11 is 7.27. The van der Waals surface area contributed by atoms with Crippen LogP contribution in [0.1, 0.15) is 16.1 Å². The number of rotatable bonds is 3. The van der Waals surface area contributed by atoms with Crippen LogP contribution in [0.2, 0.25) is 5.02 Å². The molecule has 0 unspecified atom stereocenters. The lowest BCUT2D eigenvalue weighted by atomic mass is 10.1. The molecule has 4 rings (SSSR count). The molecule has 2 aromatic carbocycles. The summed E-state index contributed by atoms with van der Waals surface area (Å²) in [5, 5.41) is 6.84. The van der Waals surface area contributed by atoms with Crippen molar-refractivity contribution in [1.82, 2.24) is 4.98 Å². The molecule has 4 aromatic rings. The van der Waals surface area contributed by atoms with Crippen molar-refractivity contribution < 1.29 is 9.21 Å². The van der Waals surface area contributed by atoms with E-state index in [9.17, 15) is 4.79 Å². The number of benzene rings is 2. The molecule has 0 saturated carbocycles. The molecule has 4 nitrogen and oxygen atoms in total. The summed E-state index contributed by atoms with van der Waals surface area (Å²) in [6, 6.07) is 15.0. The van der Waals surface area contributed by atoms with Gasteiger partial charge in [0.05, 0.1) is 5.69 Å². The summed E-state index contributed by atoms with van der Waals surface area (Å²) in [6.45, 7) is 1.88. The number of anilines is 1. The van der Waals surface area contributed by atoms with Gasteiger partial charge in [0.15, 0.2) is 10.9 Å². The zero-order chi connectivity index (χ0) is 17.4. The standard InChI is InChI=1S/C19H13ClN2O2S/c1-11-14-4-2-3-5-16(14)24-17(11)18(23)22-19-21-15(10-25-19)12-6-8-13(20)9-7-12/h2-10H,1H3,(H,21,22,23). The van der Waals surface area contributed by atoms with E-state index in [-0.39, 0.29) is 5.91 Å². The fourth-order valence-electron chi connectivity index (χ4n) is 2.63. The van der Waals surface area contributed by atoms with Crippen molar-refractivity contribution in [2.24, 2.45) is 0 Å². The molecule has 0 radical (unpaired) electrons. The predicted octanol–water partition coefficient (Wildman–Crippen LogP) is 5.77. The Morgan fingerprint density at radius 2 is 1.92 bits per heavy atom. The number of carbonyl (C=O) groups excluding carboxylic acids is 1. The molecule has 0 aliphatic carbocycles. The molecule has 25 heavy (non-hydrogen) atoms. The predicted molar refractivity (Wildman–Crippen MR) is 101 cm³/mol. The lowest BCUT2D eigenvalue weighted by molar-refractivity contribution is 0.0998. The van der Waals surface area contributed by atoms with Crippen LogP contribution < -0.4 is 5.32 Å². The van der Waals surface area contributed by atoms with Gasteiger partial charge in [-0.05, 0) is 25.1 Å². The van der Waals surface area contributed by atoms with Gasteiger partial charge in [-0.2, -0.15) is 0 Å². The highest BCUT2D eigenvalue weighted by molar-refractivity contribution is 7.14. The number of halogens is 1. The lowest BCUT2D eigenvalue weighted by Crippen LogP contribution is -2.11. The molecule has 0 fully saturated rings. The van der Waals surface area contributed by atoms with Crippen molar-refractivity contribution >= 4 is 44.9 Å². The van der Waals surface area contributed by atoms with Crippen molar-refractivity contribution in [1.29, 1.82) is 0 Å². The second-order valence-corrected chi connectivity index (χ2v) is 6.85. The zero-order valence-corrected chi connectivity index (χ0v) is 14.8. The highest BCUT2D eigenvalue weighted by Crippen LogP contribution is 2.28. The molecule has 2 heterocycles. The quantitative estimate of drug-likeness (QED) is 0.499. The van der Waals surface area contributed by atoms with Crippen LogP contribution in [0.15, 0.2) is 58.3 Å². The highest BCUT2D eigenvalue weighted by Gasteiger charge is 2.18. The molecule has 2 aromatic heterocycles. The third kappa shape index (κ3) is 3.04. The molecule has 0 bridgehead atoms. The maximum absolute atomic E-state index is 12.5. The molecular weight excluding hydrogens is 356 g/mol. The van der Waals surface area contributed by atoms with Gasteiger partial charge in [0.25, 0.3) is 5.91 Å². The number of nitrogens with zero attached hydrogens (tertiary/aromatic N) is 1. The number of carbonyl (C=O) groups is 1. The average molecular weight is 369 g/mol. The van der Waals surface area contributed by atoms with Gasteiger partial charge in [-0.15, -0.1) is 11.3 Å². The fourth-order valence-corrected chi connectivity index (χ4v) is 3.47. The topological polar surface area (TPSA) is 55.1 Å². The van der Waals surface area contributed by atoms with Gasteiger partial charge in [-0.25, -0.2) is 4.98 Å². The number of amides is 1. The summed E-state index contributed by atoms with van der Waals surface area (Å²) in [7, 11) is 0.